The normalized spacial score (nSPS) is 13.6. The Bertz CT molecular complexity index is 392. The third-order valence-electron chi connectivity index (χ3n) is 1.54. The van der Waals surface area contributed by atoms with Crippen LogP contribution in [0.2, 0.25) is 0 Å². The molecule has 3 N–H and O–H groups in total. The molecule has 1 aromatic heterocycles. The molecule has 1 heterocycles. The Kier molecular flexibility index (Phi) is 4.04. The maximum atomic E-state index is 10.1. The largest absolute Gasteiger partial charge is 0.365 e. The van der Waals surface area contributed by atoms with Gasteiger partial charge in [-0.25, -0.2) is 15.1 Å². The van der Waals surface area contributed by atoms with E-state index in [1.807, 2.05) is 19.1 Å². The minimum atomic E-state index is -0.740. The molecule has 1 rings (SSSR count). The summed E-state index contributed by atoms with van der Waals surface area (Å²) in [6.45, 7) is 1.81. The van der Waals surface area contributed by atoms with Crippen molar-refractivity contribution in [3.05, 3.63) is 30.9 Å². The zero-order valence-corrected chi connectivity index (χ0v) is 10.2. The van der Waals surface area contributed by atoms with Crippen LogP contribution in [0.1, 0.15) is 17.8 Å². The molecule has 0 aliphatic rings. The smallest absolute Gasteiger partial charge is 0.252 e. The number of hydrogen-bond donors (Lipinski definition) is 2. The second-order valence-electron chi connectivity index (χ2n) is 2.70. The van der Waals surface area contributed by atoms with Crippen LogP contribution < -0.4 is 11.2 Å². The molecule has 0 amide bonds. The highest BCUT2D eigenvalue weighted by atomic mass is 79.9. The van der Waals surface area contributed by atoms with E-state index < -0.39 is 5.03 Å². The summed E-state index contributed by atoms with van der Waals surface area (Å²) in [5, 5.41) is 9.32. The molecular weight excluding hydrogens is 284 g/mol. The standard InChI is InChI=1S/C7H9BrN4O2S/c1-4(5-2-3-6(8)15-5)10-7(9)11-12(13)14/h2-4H,1H3,(H3,9,10,11). The predicted octanol–water partition coefficient (Wildman–Crippen LogP) is 1.67. The van der Waals surface area contributed by atoms with Crippen LogP contribution in [-0.2, 0) is 0 Å². The minimum absolute atomic E-state index is 0.197. The van der Waals surface area contributed by atoms with E-state index in [4.69, 9.17) is 5.73 Å². The summed E-state index contributed by atoms with van der Waals surface area (Å²) < 4.78 is 0.986. The van der Waals surface area contributed by atoms with Gasteiger partial charge in [-0.1, -0.05) is 5.43 Å². The van der Waals surface area contributed by atoms with E-state index in [0.717, 1.165) is 8.66 Å². The van der Waals surface area contributed by atoms with Gasteiger partial charge in [0.2, 0.25) is 0 Å². The molecule has 1 atom stereocenters. The summed E-state index contributed by atoms with van der Waals surface area (Å²) in [5.74, 6) is -0.197. The molecule has 0 saturated heterocycles. The Morgan fingerprint density at radius 2 is 2.47 bits per heavy atom. The van der Waals surface area contributed by atoms with Gasteiger partial charge in [-0.15, -0.1) is 11.3 Å². The van der Waals surface area contributed by atoms with Crippen LogP contribution >= 0.6 is 27.3 Å². The van der Waals surface area contributed by atoms with Gasteiger partial charge in [0.05, 0.1) is 9.83 Å². The van der Waals surface area contributed by atoms with Crippen molar-refractivity contribution in [3.8, 4) is 0 Å². The summed E-state index contributed by atoms with van der Waals surface area (Å²) in [4.78, 5) is 15.0. The summed E-state index contributed by atoms with van der Waals surface area (Å²) in [6.07, 6.45) is 0. The molecule has 0 spiro atoms. The Labute approximate surface area is 98.4 Å². The summed E-state index contributed by atoms with van der Waals surface area (Å²) in [7, 11) is 0. The number of thiophene rings is 1. The monoisotopic (exact) mass is 292 g/mol. The van der Waals surface area contributed by atoms with Crippen molar-refractivity contribution in [2.45, 2.75) is 13.0 Å². The number of rotatable bonds is 3. The molecule has 0 bridgehead atoms. The van der Waals surface area contributed by atoms with Gasteiger partial charge < -0.3 is 5.73 Å². The first-order valence-corrected chi connectivity index (χ1v) is 5.59. The lowest BCUT2D eigenvalue weighted by Gasteiger charge is -2.03. The number of nitrogens with one attached hydrogen (secondary N) is 1. The van der Waals surface area contributed by atoms with Gasteiger partial charge in [0, 0.05) is 4.88 Å². The molecule has 0 aliphatic heterocycles. The molecule has 8 heteroatoms. The van der Waals surface area contributed by atoms with Gasteiger partial charge in [0.1, 0.15) is 0 Å². The summed E-state index contributed by atoms with van der Waals surface area (Å²) in [5.41, 5.74) is 7.10. The van der Waals surface area contributed by atoms with Crippen molar-refractivity contribution < 1.29 is 5.03 Å². The van der Waals surface area contributed by atoms with Crippen LogP contribution in [0.15, 0.2) is 20.9 Å². The minimum Gasteiger partial charge on any atom is -0.365 e. The first-order chi connectivity index (χ1) is 6.99. The van der Waals surface area contributed by atoms with Crippen molar-refractivity contribution in [1.82, 2.24) is 5.43 Å². The lowest BCUT2D eigenvalue weighted by atomic mass is 10.3. The van der Waals surface area contributed by atoms with E-state index in [1.165, 1.54) is 11.3 Å². The van der Waals surface area contributed by atoms with E-state index in [9.17, 15) is 10.1 Å². The number of nitro groups is 1. The van der Waals surface area contributed by atoms with Gasteiger partial charge in [-0.2, -0.15) is 0 Å². The maximum absolute atomic E-state index is 10.1. The highest BCUT2D eigenvalue weighted by molar-refractivity contribution is 9.11. The van der Waals surface area contributed by atoms with Crippen molar-refractivity contribution >= 4 is 33.2 Å². The van der Waals surface area contributed by atoms with Crippen LogP contribution in [0, 0.1) is 10.1 Å². The van der Waals surface area contributed by atoms with Crippen LogP contribution in [0.5, 0.6) is 0 Å². The third-order valence-corrected chi connectivity index (χ3v) is 3.34. The summed E-state index contributed by atoms with van der Waals surface area (Å²) in [6, 6.07) is 3.58. The second kappa shape index (κ2) is 5.08. The number of hydrazine groups is 1. The first-order valence-electron chi connectivity index (χ1n) is 3.98. The molecule has 15 heavy (non-hydrogen) atoms. The van der Waals surface area contributed by atoms with Crippen LogP contribution in [0.25, 0.3) is 0 Å². The molecule has 1 unspecified atom stereocenters. The Morgan fingerprint density at radius 3 is 2.93 bits per heavy atom. The van der Waals surface area contributed by atoms with Gasteiger partial charge in [-0.3, -0.25) is 0 Å². The number of nitrogens with two attached hydrogens (primary N) is 1. The van der Waals surface area contributed by atoms with E-state index in [-0.39, 0.29) is 12.0 Å². The Morgan fingerprint density at radius 1 is 1.80 bits per heavy atom. The van der Waals surface area contributed by atoms with E-state index in [1.54, 1.807) is 5.43 Å². The first kappa shape index (κ1) is 11.9. The second-order valence-corrected chi connectivity index (χ2v) is 5.20. The Hall–Kier alpha value is -1.15. The fourth-order valence-corrected chi connectivity index (χ4v) is 2.36. The number of halogens is 1. The van der Waals surface area contributed by atoms with Crippen molar-refractivity contribution in [2.24, 2.45) is 10.7 Å². The average molecular weight is 293 g/mol. The van der Waals surface area contributed by atoms with Crippen molar-refractivity contribution in [1.29, 1.82) is 0 Å². The molecule has 0 radical (unpaired) electrons. The molecule has 0 fully saturated rings. The lowest BCUT2D eigenvalue weighted by molar-refractivity contribution is -0.525. The number of hydrogen-bond acceptors (Lipinski definition) is 4. The van der Waals surface area contributed by atoms with Gasteiger partial charge in [0.15, 0.2) is 5.03 Å². The van der Waals surface area contributed by atoms with Crippen molar-refractivity contribution in [3.63, 3.8) is 0 Å². The van der Waals surface area contributed by atoms with Crippen LogP contribution in [-0.4, -0.2) is 11.0 Å². The molecule has 1 aromatic rings. The van der Waals surface area contributed by atoms with E-state index >= 15 is 0 Å². The maximum Gasteiger partial charge on any atom is 0.252 e. The van der Waals surface area contributed by atoms with E-state index in [2.05, 4.69) is 20.9 Å². The number of aliphatic imine (C=N–C) groups is 1. The molecular formula is C7H9BrN4O2S. The SMILES string of the molecule is CC(N=C(N)N[N+](=O)[O-])c1ccc(Br)s1. The van der Waals surface area contributed by atoms with Crippen LogP contribution in [0.4, 0.5) is 0 Å². The van der Waals surface area contributed by atoms with Gasteiger partial charge in [-0.05, 0) is 35.0 Å². The van der Waals surface area contributed by atoms with E-state index in [0.29, 0.717) is 0 Å². The zero-order chi connectivity index (χ0) is 11.4. The third kappa shape index (κ3) is 3.84. The van der Waals surface area contributed by atoms with Gasteiger partial charge in [0.25, 0.3) is 5.96 Å². The number of nitrogens with zero attached hydrogens (tertiary/aromatic N) is 2. The predicted molar refractivity (Wildman–Crippen MR) is 62.2 cm³/mol. The average Bonchev–Trinajstić information content (AvgIpc) is 2.49. The molecule has 82 valence electrons. The Balaban J connectivity index is 2.69. The molecule has 6 nitrogen and oxygen atoms in total. The van der Waals surface area contributed by atoms with Gasteiger partial charge >= 0.3 is 0 Å². The lowest BCUT2D eigenvalue weighted by Crippen LogP contribution is -2.36. The fraction of sp³-hybridized carbons (Fsp3) is 0.286. The topological polar surface area (TPSA) is 93.5 Å². The quantitative estimate of drug-likeness (QED) is 0.383. The van der Waals surface area contributed by atoms with Crippen LogP contribution in [0.3, 0.4) is 0 Å². The highest BCUT2D eigenvalue weighted by Crippen LogP contribution is 2.28. The summed E-state index contributed by atoms with van der Waals surface area (Å²) >= 11 is 4.84. The molecule has 0 saturated carbocycles. The highest BCUT2D eigenvalue weighted by Gasteiger charge is 2.08. The molecule has 0 aromatic carbocycles. The van der Waals surface area contributed by atoms with Crippen molar-refractivity contribution in [2.75, 3.05) is 0 Å². The zero-order valence-electron chi connectivity index (χ0n) is 7.81. The molecule has 0 aliphatic carbocycles. The fourth-order valence-electron chi connectivity index (χ4n) is 0.947. The number of guanidine groups is 1.